The molecule has 0 radical (unpaired) electrons. The Bertz CT molecular complexity index is 243. The molecule has 3 nitrogen and oxygen atoms in total. The maximum absolute atomic E-state index is 11.1. The number of hydrogen-bond acceptors (Lipinski definition) is 3. The van der Waals surface area contributed by atoms with E-state index in [9.17, 15) is 4.79 Å². The van der Waals surface area contributed by atoms with E-state index in [4.69, 9.17) is 0 Å². The van der Waals surface area contributed by atoms with Crippen molar-refractivity contribution in [2.45, 2.75) is 53.0 Å². The summed E-state index contributed by atoms with van der Waals surface area (Å²) in [7, 11) is 1.43. The van der Waals surface area contributed by atoms with Gasteiger partial charge in [-0.15, -0.1) is 0 Å². The zero-order chi connectivity index (χ0) is 12.4. The first kappa shape index (κ1) is 13.5. The Morgan fingerprint density at radius 1 is 1.25 bits per heavy atom. The lowest BCUT2D eigenvalue weighted by Crippen LogP contribution is -2.45. The molecule has 0 amide bonds. The maximum atomic E-state index is 11.1. The van der Waals surface area contributed by atoms with Gasteiger partial charge in [0, 0.05) is 6.04 Å². The topological polar surface area (TPSA) is 38.3 Å². The van der Waals surface area contributed by atoms with E-state index in [0.717, 1.165) is 12.8 Å². The fraction of sp³-hybridized carbons (Fsp3) is 0.923. The highest BCUT2D eigenvalue weighted by atomic mass is 16.5. The Morgan fingerprint density at radius 2 is 1.75 bits per heavy atom. The molecule has 1 aliphatic rings. The highest BCUT2D eigenvalue weighted by Gasteiger charge is 2.38. The first-order valence-electron chi connectivity index (χ1n) is 6.04. The summed E-state index contributed by atoms with van der Waals surface area (Å²) in [5, 5.41) is 3.31. The van der Waals surface area contributed by atoms with Crippen LogP contribution in [0.4, 0.5) is 0 Å². The first-order valence-corrected chi connectivity index (χ1v) is 6.04. The second-order valence-electron chi connectivity index (χ2n) is 6.57. The van der Waals surface area contributed by atoms with Gasteiger partial charge in [-0.2, -0.15) is 0 Å². The van der Waals surface area contributed by atoms with Crippen LogP contribution in [0.2, 0.25) is 0 Å². The molecule has 1 N–H and O–H groups in total. The van der Waals surface area contributed by atoms with E-state index in [1.165, 1.54) is 13.5 Å². The van der Waals surface area contributed by atoms with E-state index in [0.29, 0.717) is 23.4 Å². The summed E-state index contributed by atoms with van der Waals surface area (Å²) >= 11 is 0. The van der Waals surface area contributed by atoms with E-state index in [1.54, 1.807) is 0 Å². The number of esters is 1. The Kier molecular flexibility index (Phi) is 4.00. The number of methoxy groups -OCH3 is 1. The van der Waals surface area contributed by atoms with Crippen LogP contribution in [0.1, 0.15) is 47.0 Å². The molecule has 0 atom stereocenters. The number of carbonyl (C=O) groups is 1. The molecule has 0 aromatic carbocycles. The van der Waals surface area contributed by atoms with Crippen molar-refractivity contribution < 1.29 is 9.53 Å². The quantitative estimate of drug-likeness (QED) is 0.752. The van der Waals surface area contributed by atoms with Crippen LogP contribution in [0.15, 0.2) is 0 Å². The second kappa shape index (κ2) is 4.74. The molecule has 94 valence electrons. The van der Waals surface area contributed by atoms with Crippen LogP contribution in [-0.4, -0.2) is 25.7 Å². The SMILES string of the molecule is COC(=O)CNC1CC(C)(C)CC(C)(C)C1. The summed E-state index contributed by atoms with van der Waals surface area (Å²) < 4.78 is 4.64. The van der Waals surface area contributed by atoms with Gasteiger partial charge in [-0.1, -0.05) is 27.7 Å². The standard InChI is InChI=1S/C13H25NO2/c1-12(2)6-10(7-13(3,4)9-12)14-8-11(15)16-5/h10,14H,6-9H2,1-5H3. The molecule has 0 aromatic rings. The molecule has 0 spiro atoms. The molecule has 3 heteroatoms. The minimum absolute atomic E-state index is 0.179. The predicted octanol–water partition coefficient (Wildman–Crippen LogP) is 2.35. The third-order valence-electron chi connectivity index (χ3n) is 3.32. The van der Waals surface area contributed by atoms with Crippen molar-refractivity contribution in [3.63, 3.8) is 0 Å². The molecule has 1 rings (SSSR count). The average Bonchev–Trinajstić information content (AvgIpc) is 2.09. The van der Waals surface area contributed by atoms with E-state index >= 15 is 0 Å². The van der Waals surface area contributed by atoms with E-state index in [2.05, 4.69) is 37.7 Å². The molecule has 0 bridgehead atoms. The van der Waals surface area contributed by atoms with Crippen molar-refractivity contribution in [1.29, 1.82) is 0 Å². The fourth-order valence-corrected chi connectivity index (χ4v) is 3.29. The lowest BCUT2D eigenvalue weighted by molar-refractivity contribution is -0.139. The van der Waals surface area contributed by atoms with Gasteiger partial charge < -0.3 is 10.1 Å². The smallest absolute Gasteiger partial charge is 0.319 e. The molecular formula is C13H25NO2. The van der Waals surface area contributed by atoms with Gasteiger partial charge in [0.25, 0.3) is 0 Å². The van der Waals surface area contributed by atoms with Crippen molar-refractivity contribution in [2.24, 2.45) is 10.8 Å². The van der Waals surface area contributed by atoms with E-state index in [-0.39, 0.29) is 5.97 Å². The maximum Gasteiger partial charge on any atom is 0.319 e. The van der Waals surface area contributed by atoms with Crippen molar-refractivity contribution in [3.05, 3.63) is 0 Å². The summed E-state index contributed by atoms with van der Waals surface area (Å²) in [6.45, 7) is 9.55. The van der Waals surface area contributed by atoms with Crippen LogP contribution in [0.25, 0.3) is 0 Å². The van der Waals surface area contributed by atoms with Gasteiger partial charge in [0.15, 0.2) is 0 Å². The molecule has 16 heavy (non-hydrogen) atoms. The van der Waals surface area contributed by atoms with Crippen LogP contribution in [-0.2, 0) is 9.53 Å². The molecule has 1 fully saturated rings. The number of carbonyl (C=O) groups excluding carboxylic acids is 1. The van der Waals surface area contributed by atoms with Crippen LogP contribution < -0.4 is 5.32 Å². The fourth-order valence-electron chi connectivity index (χ4n) is 3.29. The third kappa shape index (κ3) is 4.12. The largest absolute Gasteiger partial charge is 0.468 e. The zero-order valence-corrected chi connectivity index (χ0v) is 11.2. The molecule has 0 aromatic heterocycles. The third-order valence-corrected chi connectivity index (χ3v) is 3.32. The van der Waals surface area contributed by atoms with E-state index in [1.807, 2.05) is 0 Å². The van der Waals surface area contributed by atoms with Crippen molar-refractivity contribution >= 4 is 5.97 Å². The van der Waals surface area contributed by atoms with Gasteiger partial charge in [-0.3, -0.25) is 4.79 Å². The van der Waals surface area contributed by atoms with Crippen LogP contribution in [0.5, 0.6) is 0 Å². The summed E-state index contributed by atoms with van der Waals surface area (Å²) in [5.74, 6) is -0.179. The lowest BCUT2D eigenvalue weighted by Gasteiger charge is -2.45. The van der Waals surface area contributed by atoms with Gasteiger partial charge in [0.1, 0.15) is 0 Å². The number of rotatable bonds is 3. The number of hydrogen-bond donors (Lipinski definition) is 1. The number of nitrogens with one attached hydrogen (secondary N) is 1. The van der Waals surface area contributed by atoms with Crippen molar-refractivity contribution in [1.82, 2.24) is 5.32 Å². The molecule has 1 saturated carbocycles. The summed E-state index contributed by atoms with van der Waals surface area (Å²) in [6.07, 6.45) is 3.51. The van der Waals surface area contributed by atoms with Crippen LogP contribution in [0.3, 0.4) is 0 Å². The van der Waals surface area contributed by atoms with Gasteiger partial charge in [-0.05, 0) is 30.1 Å². The van der Waals surface area contributed by atoms with Gasteiger partial charge >= 0.3 is 5.97 Å². The first-order chi connectivity index (χ1) is 7.24. The van der Waals surface area contributed by atoms with E-state index < -0.39 is 0 Å². The Labute approximate surface area is 98.9 Å². The highest BCUT2D eigenvalue weighted by Crippen LogP contribution is 2.45. The Hall–Kier alpha value is -0.570. The molecule has 1 aliphatic carbocycles. The molecule has 0 unspecified atom stereocenters. The zero-order valence-electron chi connectivity index (χ0n) is 11.2. The monoisotopic (exact) mass is 227 g/mol. The lowest BCUT2D eigenvalue weighted by atomic mass is 9.63. The van der Waals surface area contributed by atoms with Crippen LogP contribution >= 0.6 is 0 Å². The molecular weight excluding hydrogens is 202 g/mol. The van der Waals surface area contributed by atoms with Crippen molar-refractivity contribution in [2.75, 3.05) is 13.7 Å². The average molecular weight is 227 g/mol. The second-order valence-corrected chi connectivity index (χ2v) is 6.57. The molecule has 0 heterocycles. The predicted molar refractivity (Wildman–Crippen MR) is 65.2 cm³/mol. The molecule has 0 aliphatic heterocycles. The van der Waals surface area contributed by atoms with Gasteiger partial charge in [0.05, 0.1) is 13.7 Å². The summed E-state index contributed by atoms with van der Waals surface area (Å²) in [5.41, 5.74) is 0.713. The minimum atomic E-state index is -0.179. The normalized spacial score (nSPS) is 24.1. The Balaban J connectivity index is 2.51. The van der Waals surface area contributed by atoms with Gasteiger partial charge in [-0.25, -0.2) is 0 Å². The van der Waals surface area contributed by atoms with Gasteiger partial charge in [0.2, 0.25) is 0 Å². The minimum Gasteiger partial charge on any atom is -0.468 e. The van der Waals surface area contributed by atoms with Crippen LogP contribution in [0, 0.1) is 10.8 Å². The summed E-state index contributed by atoms with van der Waals surface area (Å²) in [6, 6.07) is 0.429. The number of ether oxygens (including phenoxy) is 1. The highest BCUT2D eigenvalue weighted by molar-refractivity contribution is 5.71. The van der Waals surface area contributed by atoms with Crippen molar-refractivity contribution in [3.8, 4) is 0 Å². The molecule has 0 saturated heterocycles. The summed E-state index contributed by atoms with van der Waals surface area (Å²) in [4.78, 5) is 11.1. The Morgan fingerprint density at radius 3 is 2.19 bits per heavy atom.